The first-order valence-electron chi connectivity index (χ1n) is 7.84. The van der Waals surface area contributed by atoms with Crippen LogP contribution in [0, 0.1) is 13.8 Å². The summed E-state index contributed by atoms with van der Waals surface area (Å²) in [5.74, 6) is -0.319. The summed E-state index contributed by atoms with van der Waals surface area (Å²) in [5, 5.41) is 6.84. The van der Waals surface area contributed by atoms with Crippen LogP contribution in [0.25, 0.3) is 0 Å². The van der Waals surface area contributed by atoms with Crippen molar-refractivity contribution in [2.45, 2.75) is 31.3 Å². The second-order valence-corrected chi connectivity index (χ2v) is 7.73. The van der Waals surface area contributed by atoms with Crippen molar-refractivity contribution in [1.82, 2.24) is 14.5 Å². The number of rotatable bonds is 6. The summed E-state index contributed by atoms with van der Waals surface area (Å²) >= 11 is 0. The second-order valence-electron chi connectivity index (χ2n) is 5.96. The van der Waals surface area contributed by atoms with E-state index in [-0.39, 0.29) is 17.2 Å². The molecule has 7 nitrogen and oxygen atoms in total. The summed E-state index contributed by atoms with van der Waals surface area (Å²) in [6, 6.07) is 4.86. The van der Waals surface area contributed by atoms with E-state index in [4.69, 9.17) is 0 Å². The first-order chi connectivity index (χ1) is 12.4. The van der Waals surface area contributed by atoms with E-state index >= 15 is 0 Å². The lowest BCUT2D eigenvalue weighted by atomic mass is 10.1. The number of aromatic nitrogens is 2. The van der Waals surface area contributed by atoms with E-state index in [1.54, 1.807) is 18.7 Å². The number of hydrogen-bond acceptors (Lipinski definition) is 4. The van der Waals surface area contributed by atoms with Crippen LogP contribution in [0.2, 0.25) is 0 Å². The average molecular weight is 404 g/mol. The molecular weight excluding hydrogens is 385 g/mol. The van der Waals surface area contributed by atoms with Gasteiger partial charge in [0, 0.05) is 24.0 Å². The van der Waals surface area contributed by atoms with Crippen LogP contribution in [-0.4, -0.2) is 36.8 Å². The largest absolute Gasteiger partial charge is 0.402 e. The molecule has 0 spiro atoms. The van der Waals surface area contributed by atoms with Gasteiger partial charge in [-0.15, -0.1) is 0 Å². The number of nitrogens with zero attached hydrogens (tertiary/aromatic N) is 2. The lowest BCUT2D eigenvalue weighted by Gasteiger charge is -2.10. The van der Waals surface area contributed by atoms with Gasteiger partial charge in [-0.1, -0.05) is 0 Å². The summed E-state index contributed by atoms with van der Waals surface area (Å²) in [6.07, 6.45) is -4.55. The van der Waals surface area contributed by atoms with Crippen molar-refractivity contribution in [3.05, 3.63) is 41.2 Å². The zero-order chi connectivity index (χ0) is 20.4. The molecule has 0 aliphatic rings. The number of amides is 1. The SMILES string of the molecule is Cc1nn(C)c(C)c1CC(=O)Nc1ccc(S(=O)(=O)NCC(F)(F)F)cc1. The molecule has 11 heteroatoms. The Morgan fingerprint density at radius 3 is 2.26 bits per heavy atom. The minimum absolute atomic E-state index is 0.0959. The van der Waals surface area contributed by atoms with Crippen LogP contribution in [0.4, 0.5) is 18.9 Å². The molecule has 2 N–H and O–H groups in total. The topological polar surface area (TPSA) is 93.1 Å². The van der Waals surface area contributed by atoms with Gasteiger partial charge in [0.05, 0.1) is 17.0 Å². The molecule has 0 atom stereocenters. The molecule has 2 rings (SSSR count). The highest BCUT2D eigenvalue weighted by Gasteiger charge is 2.30. The van der Waals surface area contributed by atoms with E-state index in [0.29, 0.717) is 5.69 Å². The average Bonchev–Trinajstić information content (AvgIpc) is 2.79. The van der Waals surface area contributed by atoms with Gasteiger partial charge in [-0.3, -0.25) is 9.48 Å². The number of alkyl halides is 3. The predicted molar refractivity (Wildman–Crippen MR) is 92.7 cm³/mol. The van der Waals surface area contributed by atoms with Crippen LogP contribution in [0.15, 0.2) is 29.2 Å². The molecule has 0 aliphatic heterocycles. The van der Waals surface area contributed by atoms with E-state index in [1.165, 1.54) is 16.9 Å². The van der Waals surface area contributed by atoms with Crippen molar-refractivity contribution in [3.8, 4) is 0 Å². The molecule has 1 amide bonds. The van der Waals surface area contributed by atoms with Crippen LogP contribution >= 0.6 is 0 Å². The molecule has 27 heavy (non-hydrogen) atoms. The molecule has 1 heterocycles. The Bertz CT molecular complexity index is 935. The van der Waals surface area contributed by atoms with Crippen LogP contribution < -0.4 is 10.0 Å². The van der Waals surface area contributed by atoms with E-state index < -0.39 is 22.7 Å². The molecule has 0 unspecified atom stereocenters. The van der Waals surface area contributed by atoms with Crippen molar-refractivity contribution >= 4 is 21.6 Å². The third-order valence-electron chi connectivity index (χ3n) is 3.91. The Labute approximate surface area is 154 Å². The summed E-state index contributed by atoms with van der Waals surface area (Å²) in [7, 11) is -2.52. The number of carbonyl (C=O) groups excluding carboxylic acids is 1. The first kappa shape index (κ1) is 20.9. The molecular formula is C16H19F3N4O3S. The normalized spacial score (nSPS) is 12.2. The van der Waals surface area contributed by atoms with Crippen molar-refractivity contribution in [1.29, 1.82) is 0 Å². The summed E-state index contributed by atoms with van der Waals surface area (Å²) in [6.45, 7) is 1.98. The second kappa shape index (κ2) is 7.69. The first-order valence-corrected chi connectivity index (χ1v) is 9.33. The van der Waals surface area contributed by atoms with Gasteiger partial charge >= 0.3 is 6.18 Å². The molecule has 1 aromatic carbocycles. The minimum Gasteiger partial charge on any atom is -0.326 e. The Kier molecular flexibility index (Phi) is 5.95. The number of nitrogens with one attached hydrogen (secondary N) is 2. The molecule has 148 valence electrons. The van der Waals surface area contributed by atoms with Gasteiger partial charge in [0.1, 0.15) is 6.54 Å². The molecule has 0 saturated carbocycles. The molecule has 2 aromatic rings. The lowest BCUT2D eigenvalue weighted by Crippen LogP contribution is -2.33. The van der Waals surface area contributed by atoms with Gasteiger partial charge in [-0.05, 0) is 38.1 Å². The summed E-state index contributed by atoms with van der Waals surface area (Å²) in [5.41, 5.74) is 2.72. The van der Waals surface area contributed by atoms with Gasteiger partial charge in [0.25, 0.3) is 0 Å². The minimum atomic E-state index is -4.65. The molecule has 0 bridgehead atoms. The third-order valence-corrected chi connectivity index (χ3v) is 5.32. The van der Waals surface area contributed by atoms with E-state index in [9.17, 15) is 26.4 Å². The summed E-state index contributed by atoms with van der Waals surface area (Å²) in [4.78, 5) is 11.9. The van der Waals surface area contributed by atoms with Crippen molar-refractivity contribution < 1.29 is 26.4 Å². The number of sulfonamides is 1. The monoisotopic (exact) mass is 404 g/mol. The number of aryl methyl sites for hydroxylation is 2. The van der Waals surface area contributed by atoms with Crippen molar-refractivity contribution in [2.75, 3.05) is 11.9 Å². The van der Waals surface area contributed by atoms with E-state index in [1.807, 2.05) is 6.92 Å². The van der Waals surface area contributed by atoms with Crippen molar-refractivity contribution in [3.63, 3.8) is 0 Å². The van der Waals surface area contributed by atoms with Crippen LogP contribution in [-0.2, 0) is 28.3 Å². The van der Waals surface area contributed by atoms with Crippen LogP contribution in [0.1, 0.15) is 17.0 Å². The van der Waals surface area contributed by atoms with Gasteiger partial charge in [0.2, 0.25) is 15.9 Å². The van der Waals surface area contributed by atoms with E-state index in [2.05, 4.69) is 10.4 Å². The molecule has 0 radical (unpaired) electrons. The molecule has 0 aliphatic carbocycles. The standard InChI is InChI=1S/C16H19F3N4O3S/c1-10-14(11(2)23(3)22-10)8-15(24)21-12-4-6-13(7-5-12)27(25,26)20-9-16(17,18)19/h4-7,20H,8-9H2,1-3H3,(H,21,24). The Morgan fingerprint density at radius 2 is 1.78 bits per heavy atom. The fourth-order valence-corrected chi connectivity index (χ4v) is 3.43. The van der Waals surface area contributed by atoms with Gasteiger partial charge in [-0.25, -0.2) is 13.1 Å². The third kappa shape index (κ3) is 5.54. The van der Waals surface area contributed by atoms with Crippen molar-refractivity contribution in [2.24, 2.45) is 7.05 Å². The predicted octanol–water partition coefficient (Wildman–Crippen LogP) is 2.06. The van der Waals surface area contributed by atoms with Crippen LogP contribution in [0.3, 0.4) is 0 Å². The van der Waals surface area contributed by atoms with E-state index in [0.717, 1.165) is 29.1 Å². The highest BCUT2D eigenvalue weighted by atomic mass is 32.2. The number of anilines is 1. The highest BCUT2D eigenvalue weighted by molar-refractivity contribution is 7.89. The highest BCUT2D eigenvalue weighted by Crippen LogP contribution is 2.18. The fraction of sp³-hybridized carbons (Fsp3) is 0.375. The van der Waals surface area contributed by atoms with Gasteiger partial charge in [0.15, 0.2) is 0 Å². The molecule has 0 fully saturated rings. The van der Waals surface area contributed by atoms with Gasteiger partial charge < -0.3 is 5.32 Å². The smallest absolute Gasteiger partial charge is 0.326 e. The molecule has 1 aromatic heterocycles. The number of benzene rings is 1. The number of hydrogen-bond donors (Lipinski definition) is 2. The summed E-state index contributed by atoms with van der Waals surface area (Å²) < 4.78 is 63.3. The Balaban J connectivity index is 2.04. The zero-order valence-electron chi connectivity index (χ0n) is 14.9. The van der Waals surface area contributed by atoms with Gasteiger partial charge in [-0.2, -0.15) is 18.3 Å². The quantitative estimate of drug-likeness (QED) is 0.771. The lowest BCUT2D eigenvalue weighted by molar-refractivity contribution is -0.121. The number of halogens is 3. The maximum absolute atomic E-state index is 12.2. The Hall–Kier alpha value is -2.40. The maximum Gasteiger partial charge on any atom is 0.402 e. The zero-order valence-corrected chi connectivity index (χ0v) is 15.7. The number of carbonyl (C=O) groups is 1. The van der Waals surface area contributed by atoms with Crippen LogP contribution in [0.5, 0.6) is 0 Å². The Morgan fingerprint density at radius 1 is 1.19 bits per heavy atom. The maximum atomic E-state index is 12.2. The molecule has 0 saturated heterocycles. The fourth-order valence-electron chi connectivity index (χ4n) is 2.42.